The summed E-state index contributed by atoms with van der Waals surface area (Å²) in [5.74, 6) is 0.0697. The van der Waals surface area contributed by atoms with E-state index in [1.807, 2.05) is 45.0 Å². The molecular formula is C24H26Cl3N5O2. The monoisotopic (exact) mass is 521 g/mol. The molecule has 0 saturated heterocycles. The minimum Gasteiger partial charge on any atom is -0.315 e. The van der Waals surface area contributed by atoms with Gasteiger partial charge in [-0.1, -0.05) is 73.8 Å². The summed E-state index contributed by atoms with van der Waals surface area (Å²) in [5.41, 5.74) is 1.53. The molecule has 10 heteroatoms. The predicted molar refractivity (Wildman–Crippen MR) is 139 cm³/mol. The van der Waals surface area contributed by atoms with Crippen molar-refractivity contribution in [3.8, 4) is 5.69 Å². The first-order chi connectivity index (χ1) is 16.0. The van der Waals surface area contributed by atoms with Crippen LogP contribution in [0.4, 0.5) is 16.3 Å². The zero-order valence-electron chi connectivity index (χ0n) is 19.3. The van der Waals surface area contributed by atoms with E-state index in [1.54, 1.807) is 35.9 Å². The molecule has 7 nitrogen and oxygen atoms in total. The maximum absolute atomic E-state index is 12.9. The van der Waals surface area contributed by atoms with Crippen molar-refractivity contribution in [2.75, 3.05) is 23.7 Å². The van der Waals surface area contributed by atoms with E-state index in [1.165, 1.54) is 4.90 Å². The van der Waals surface area contributed by atoms with Gasteiger partial charge in [0, 0.05) is 18.0 Å². The minimum absolute atomic E-state index is 0.181. The first-order valence-electron chi connectivity index (χ1n) is 10.7. The Hall–Kier alpha value is -2.74. The standard InChI is InChI=1S/C24H26Cl3N5O2/c1-5-31(23(34)28-17-11-8-10-16(26)22(17)27)14-21(33)29-20-13-19(24(2,3)4)30-32(20)18-12-7-6-9-15(18)25/h6-13H,5,14H2,1-4H3,(H,28,34)(H,29,33). The second-order valence-electron chi connectivity index (χ2n) is 8.62. The van der Waals surface area contributed by atoms with Crippen molar-refractivity contribution in [1.82, 2.24) is 14.7 Å². The van der Waals surface area contributed by atoms with Gasteiger partial charge in [0.2, 0.25) is 5.91 Å². The summed E-state index contributed by atoms with van der Waals surface area (Å²) in [4.78, 5) is 27.0. The summed E-state index contributed by atoms with van der Waals surface area (Å²) in [6.45, 7) is 7.98. The number of likely N-dealkylation sites (N-methyl/N-ethyl adjacent to an activating group) is 1. The summed E-state index contributed by atoms with van der Waals surface area (Å²) >= 11 is 18.6. The third kappa shape index (κ3) is 6.03. The minimum atomic E-state index is -0.475. The maximum Gasteiger partial charge on any atom is 0.322 e. The molecule has 3 aromatic rings. The third-order valence-corrected chi connectivity index (χ3v) is 6.16. The van der Waals surface area contributed by atoms with E-state index in [9.17, 15) is 9.59 Å². The molecule has 3 rings (SSSR count). The van der Waals surface area contributed by atoms with Gasteiger partial charge in [0.25, 0.3) is 0 Å². The van der Waals surface area contributed by atoms with Gasteiger partial charge in [0.05, 0.1) is 32.1 Å². The maximum atomic E-state index is 12.9. The Bertz CT molecular complexity index is 1200. The van der Waals surface area contributed by atoms with Crippen LogP contribution in [0.2, 0.25) is 15.1 Å². The molecule has 180 valence electrons. The molecule has 1 heterocycles. The summed E-state index contributed by atoms with van der Waals surface area (Å²) in [7, 11) is 0. The van der Waals surface area contributed by atoms with Crippen molar-refractivity contribution in [1.29, 1.82) is 0 Å². The molecule has 0 unspecified atom stereocenters. The zero-order valence-corrected chi connectivity index (χ0v) is 21.6. The number of amides is 3. The van der Waals surface area contributed by atoms with E-state index in [4.69, 9.17) is 34.8 Å². The van der Waals surface area contributed by atoms with E-state index in [2.05, 4.69) is 15.7 Å². The van der Waals surface area contributed by atoms with Crippen LogP contribution in [0.15, 0.2) is 48.5 Å². The van der Waals surface area contributed by atoms with Gasteiger partial charge in [-0.25, -0.2) is 9.48 Å². The Kier molecular flexibility index (Phi) is 8.13. The van der Waals surface area contributed by atoms with E-state index in [0.29, 0.717) is 33.8 Å². The summed E-state index contributed by atoms with van der Waals surface area (Å²) in [6, 6.07) is 13.5. The predicted octanol–water partition coefficient (Wildman–Crippen LogP) is 6.62. The van der Waals surface area contributed by atoms with Crippen LogP contribution < -0.4 is 10.6 Å². The van der Waals surface area contributed by atoms with Gasteiger partial charge in [0.1, 0.15) is 12.4 Å². The van der Waals surface area contributed by atoms with Gasteiger partial charge in [-0.2, -0.15) is 5.10 Å². The molecule has 0 aliphatic heterocycles. The molecule has 0 atom stereocenters. The average molecular weight is 523 g/mol. The highest BCUT2D eigenvalue weighted by Gasteiger charge is 2.23. The van der Waals surface area contributed by atoms with Crippen molar-refractivity contribution in [3.05, 3.63) is 69.3 Å². The molecular weight excluding hydrogens is 497 g/mol. The largest absolute Gasteiger partial charge is 0.322 e. The van der Waals surface area contributed by atoms with Crippen LogP contribution in [-0.4, -0.2) is 39.7 Å². The van der Waals surface area contributed by atoms with Gasteiger partial charge in [-0.15, -0.1) is 0 Å². The van der Waals surface area contributed by atoms with Gasteiger partial charge in [-0.05, 0) is 31.2 Å². The highest BCUT2D eigenvalue weighted by Crippen LogP contribution is 2.30. The van der Waals surface area contributed by atoms with Gasteiger partial charge >= 0.3 is 6.03 Å². The average Bonchev–Trinajstić information content (AvgIpc) is 3.19. The fraction of sp³-hybridized carbons (Fsp3) is 0.292. The quantitative estimate of drug-likeness (QED) is 0.382. The molecule has 3 amide bonds. The SMILES string of the molecule is CCN(CC(=O)Nc1cc(C(C)(C)C)nn1-c1ccccc1Cl)C(=O)Nc1cccc(Cl)c1Cl. The summed E-state index contributed by atoms with van der Waals surface area (Å²) in [5, 5.41) is 11.3. The first-order valence-corrected chi connectivity index (χ1v) is 11.8. The number of benzene rings is 2. The molecule has 1 aromatic heterocycles. The van der Waals surface area contributed by atoms with Crippen molar-refractivity contribution < 1.29 is 9.59 Å². The highest BCUT2D eigenvalue weighted by molar-refractivity contribution is 6.44. The highest BCUT2D eigenvalue weighted by atomic mass is 35.5. The van der Waals surface area contributed by atoms with Crippen molar-refractivity contribution in [2.24, 2.45) is 0 Å². The van der Waals surface area contributed by atoms with Crippen LogP contribution in [0.25, 0.3) is 5.69 Å². The molecule has 2 aromatic carbocycles. The van der Waals surface area contributed by atoms with Crippen LogP contribution in [0.3, 0.4) is 0 Å². The molecule has 0 aliphatic rings. The van der Waals surface area contributed by atoms with Crippen LogP contribution in [0, 0.1) is 0 Å². The van der Waals surface area contributed by atoms with Crippen molar-refractivity contribution in [3.63, 3.8) is 0 Å². The lowest BCUT2D eigenvalue weighted by molar-refractivity contribution is -0.116. The van der Waals surface area contributed by atoms with Crippen molar-refractivity contribution >= 4 is 58.2 Å². The Labute approximate surface area is 214 Å². The number of carbonyl (C=O) groups excluding carboxylic acids is 2. The number of para-hydroxylation sites is 1. The van der Waals surface area contributed by atoms with E-state index >= 15 is 0 Å². The number of rotatable bonds is 6. The van der Waals surface area contributed by atoms with Gasteiger partial charge in [-0.3, -0.25) is 4.79 Å². The zero-order chi connectivity index (χ0) is 25.0. The summed E-state index contributed by atoms with van der Waals surface area (Å²) in [6.07, 6.45) is 0. The molecule has 0 bridgehead atoms. The van der Waals surface area contributed by atoms with Crippen molar-refractivity contribution in [2.45, 2.75) is 33.1 Å². The number of aromatic nitrogens is 2. The van der Waals surface area contributed by atoms with E-state index in [-0.39, 0.29) is 22.9 Å². The number of nitrogens with one attached hydrogen (secondary N) is 2. The lowest BCUT2D eigenvalue weighted by Crippen LogP contribution is -2.40. The van der Waals surface area contributed by atoms with Crippen LogP contribution in [0.1, 0.15) is 33.4 Å². The van der Waals surface area contributed by atoms with Crippen LogP contribution >= 0.6 is 34.8 Å². The second kappa shape index (κ2) is 10.7. The number of carbonyl (C=O) groups is 2. The first kappa shape index (κ1) is 25.9. The molecule has 2 N–H and O–H groups in total. The number of halogens is 3. The Balaban J connectivity index is 1.80. The lowest BCUT2D eigenvalue weighted by Gasteiger charge is -2.21. The number of nitrogens with zero attached hydrogens (tertiary/aromatic N) is 3. The normalized spacial score (nSPS) is 11.3. The Morgan fingerprint density at radius 2 is 1.68 bits per heavy atom. The van der Waals surface area contributed by atoms with E-state index in [0.717, 1.165) is 5.69 Å². The molecule has 0 radical (unpaired) electrons. The summed E-state index contributed by atoms with van der Waals surface area (Å²) < 4.78 is 1.60. The van der Waals surface area contributed by atoms with Gasteiger partial charge in [0.15, 0.2) is 0 Å². The molecule has 0 saturated carbocycles. The topological polar surface area (TPSA) is 79.3 Å². The van der Waals surface area contributed by atoms with Crippen LogP contribution in [0.5, 0.6) is 0 Å². The number of hydrogen-bond acceptors (Lipinski definition) is 3. The number of urea groups is 1. The lowest BCUT2D eigenvalue weighted by atomic mass is 9.92. The third-order valence-electron chi connectivity index (χ3n) is 5.02. The van der Waals surface area contributed by atoms with E-state index < -0.39 is 6.03 Å². The molecule has 34 heavy (non-hydrogen) atoms. The van der Waals surface area contributed by atoms with Crippen LogP contribution in [-0.2, 0) is 10.2 Å². The Morgan fingerprint density at radius 3 is 2.32 bits per heavy atom. The number of anilines is 2. The second-order valence-corrected chi connectivity index (χ2v) is 9.81. The molecule has 0 fully saturated rings. The van der Waals surface area contributed by atoms with Gasteiger partial charge < -0.3 is 15.5 Å². The fourth-order valence-electron chi connectivity index (χ4n) is 3.12. The Morgan fingerprint density at radius 1 is 1.00 bits per heavy atom. The molecule has 0 spiro atoms. The number of hydrogen-bond donors (Lipinski definition) is 2. The smallest absolute Gasteiger partial charge is 0.315 e. The molecule has 0 aliphatic carbocycles. The fourth-order valence-corrected chi connectivity index (χ4v) is 3.68.